The Morgan fingerprint density at radius 3 is 2.50 bits per heavy atom. The van der Waals surface area contributed by atoms with Gasteiger partial charge < -0.3 is 0 Å². The van der Waals surface area contributed by atoms with Gasteiger partial charge >= 0.3 is 0 Å². The van der Waals surface area contributed by atoms with Gasteiger partial charge in [-0.15, -0.1) is 0 Å². The number of hydrazone groups is 1. The predicted molar refractivity (Wildman–Crippen MR) is 90.6 cm³/mol. The van der Waals surface area contributed by atoms with Crippen LogP contribution in [0.4, 0.5) is 0 Å². The van der Waals surface area contributed by atoms with Crippen LogP contribution in [0, 0.1) is 3.57 Å². The summed E-state index contributed by atoms with van der Waals surface area (Å²) < 4.78 is 0.901. The minimum atomic E-state index is -0.209. The van der Waals surface area contributed by atoms with Crippen molar-refractivity contribution >= 4 is 40.8 Å². The lowest BCUT2D eigenvalue weighted by Gasteiger charge is -2.01. The molecule has 0 bridgehead atoms. The van der Waals surface area contributed by atoms with E-state index < -0.39 is 0 Å². The van der Waals surface area contributed by atoms with Gasteiger partial charge in [-0.2, -0.15) is 5.10 Å². The van der Waals surface area contributed by atoms with Gasteiger partial charge in [0.25, 0.3) is 5.91 Å². The zero-order chi connectivity index (χ0) is 14.2. The molecule has 0 aromatic heterocycles. The van der Waals surface area contributed by atoms with Gasteiger partial charge in [0.15, 0.2) is 0 Å². The summed E-state index contributed by atoms with van der Waals surface area (Å²) in [7, 11) is 0. The van der Waals surface area contributed by atoms with Gasteiger partial charge in [0.2, 0.25) is 0 Å². The molecule has 0 spiro atoms. The highest BCUT2D eigenvalue weighted by Gasteiger charge is 2.06. The van der Waals surface area contributed by atoms with Gasteiger partial charge in [-0.3, -0.25) is 4.79 Å². The Labute approximate surface area is 131 Å². The van der Waals surface area contributed by atoms with Crippen molar-refractivity contribution < 1.29 is 4.79 Å². The van der Waals surface area contributed by atoms with Gasteiger partial charge in [-0.05, 0) is 46.4 Å². The monoisotopic (exact) mass is 376 g/mol. The van der Waals surface area contributed by atoms with Crippen LogP contribution in [0.2, 0.25) is 0 Å². The van der Waals surface area contributed by atoms with Crippen molar-refractivity contribution in [1.82, 2.24) is 5.43 Å². The number of rotatable bonds is 4. The van der Waals surface area contributed by atoms with Gasteiger partial charge in [-0.1, -0.05) is 48.5 Å². The van der Waals surface area contributed by atoms with Crippen LogP contribution >= 0.6 is 22.6 Å². The zero-order valence-electron chi connectivity index (χ0n) is 10.7. The van der Waals surface area contributed by atoms with E-state index in [0.29, 0.717) is 5.56 Å². The average Bonchev–Trinajstić information content (AvgIpc) is 2.48. The molecule has 0 aliphatic rings. The van der Waals surface area contributed by atoms with E-state index >= 15 is 0 Å². The molecule has 2 aromatic carbocycles. The molecule has 20 heavy (non-hydrogen) atoms. The third-order valence-electron chi connectivity index (χ3n) is 2.53. The van der Waals surface area contributed by atoms with Crippen molar-refractivity contribution in [1.29, 1.82) is 0 Å². The number of carbonyl (C=O) groups is 1. The molecule has 2 rings (SSSR count). The molecule has 2 aromatic rings. The van der Waals surface area contributed by atoms with Crippen LogP contribution in [0.15, 0.2) is 65.8 Å². The Bertz CT molecular complexity index is 636. The summed E-state index contributed by atoms with van der Waals surface area (Å²) in [4.78, 5) is 11.8. The standard InChI is InChI=1S/C16H13IN2O/c17-15-11-5-4-10-14(15)16(20)19-18-12-6-9-13-7-2-1-3-8-13/h1-12H,(H,19,20)/b9-6+,18-12-. The molecule has 0 aliphatic heterocycles. The second-order valence-corrected chi connectivity index (χ2v) is 5.13. The fraction of sp³-hybridized carbons (Fsp3) is 0. The first kappa shape index (κ1) is 14.5. The van der Waals surface area contributed by atoms with Gasteiger partial charge in [0.05, 0.1) is 5.56 Å². The van der Waals surface area contributed by atoms with E-state index in [1.807, 2.05) is 54.6 Å². The predicted octanol–water partition coefficient (Wildman–Crippen LogP) is 3.72. The maximum Gasteiger partial charge on any atom is 0.272 e. The largest absolute Gasteiger partial charge is 0.272 e. The number of benzene rings is 2. The Morgan fingerprint density at radius 2 is 1.75 bits per heavy atom. The lowest BCUT2D eigenvalue weighted by molar-refractivity contribution is 0.0954. The summed E-state index contributed by atoms with van der Waals surface area (Å²) in [6.07, 6.45) is 5.26. The maximum atomic E-state index is 11.8. The molecule has 4 heteroatoms. The fourth-order valence-electron chi connectivity index (χ4n) is 1.56. The van der Waals surface area contributed by atoms with E-state index in [0.717, 1.165) is 9.13 Å². The van der Waals surface area contributed by atoms with Crippen LogP contribution in [-0.2, 0) is 0 Å². The lowest BCUT2D eigenvalue weighted by Crippen LogP contribution is -2.18. The van der Waals surface area contributed by atoms with Crippen molar-refractivity contribution in [3.63, 3.8) is 0 Å². The summed E-state index contributed by atoms with van der Waals surface area (Å²) in [5.41, 5.74) is 4.21. The van der Waals surface area contributed by atoms with Crippen LogP contribution in [0.5, 0.6) is 0 Å². The van der Waals surface area contributed by atoms with Gasteiger partial charge in [0.1, 0.15) is 0 Å². The van der Waals surface area contributed by atoms with Crippen LogP contribution in [0.1, 0.15) is 15.9 Å². The Kier molecular flexibility index (Phi) is 5.49. The minimum absolute atomic E-state index is 0.209. The number of halogens is 1. The third-order valence-corrected chi connectivity index (χ3v) is 3.47. The molecule has 0 aliphatic carbocycles. The zero-order valence-corrected chi connectivity index (χ0v) is 12.8. The summed E-state index contributed by atoms with van der Waals surface area (Å²) in [6, 6.07) is 17.3. The highest BCUT2D eigenvalue weighted by Crippen LogP contribution is 2.10. The first-order valence-corrected chi connectivity index (χ1v) is 7.15. The molecule has 1 N–H and O–H groups in total. The molecule has 3 nitrogen and oxygen atoms in total. The van der Waals surface area contributed by atoms with Gasteiger partial charge in [-0.25, -0.2) is 5.43 Å². The summed E-state index contributed by atoms with van der Waals surface area (Å²) in [5, 5.41) is 3.89. The molecule has 0 heterocycles. The van der Waals surface area contributed by atoms with Crippen molar-refractivity contribution in [2.75, 3.05) is 0 Å². The average molecular weight is 376 g/mol. The lowest BCUT2D eigenvalue weighted by atomic mass is 10.2. The van der Waals surface area contributed by atoms with E-state index in [1.165, 1.54) is 0 Å². The van der Waals surface area contributed by atoms with Crippen molar-refractivity contribution in [3.8, 4) is 0 Å². The number of amides is 1. The van der Waals surface area contributed by atoms with Crippen molar-refractivity contribution in [2.45, 2.75) is 0 Å². The number of hydrogen-bond donors (Lipinski definition) is 1. The SMILES string of the molecule is O=C(N/N=C\C=C\c1ccccc1)c1ccccc1I. The first-order chi connectivity index (χ1) is 9.77. The molecule has 0 unspecified atom stereocenters. The quantitative estimate of drug-likeness (QED) is 0.493. The van der Waals surface area contributed by atoms with Crippen molar-refractivity contribution in [2.24, 2.45) is 5.10 Å². The van der Waals surface area contributed by atoms with Crippen LogP contribution in [-0.4, -0.2) is 12.1 Å². The summed E-state index contributed by atoms with van der Waals surface area (Å²) in [6.45, 7) is 0. The molecule has 100 valence electrons. The number of hydrogen-bond acceptors (Lipinski definition) is 2. The molecule has 0 radical (unpaired) electrons. The summed E-state index contributed by atoms with van der Waals surface area (Å²) >= 11 is 2.13. The third kappa shape index (κ3) is 4.31. The van der Waals surface area contributed by atoms with Crippen LogP contribution < -0.4 is 5.43 Å². The molecule has 0 fully saturated rings. The van der Waals surface area contributed by atoms with Crippen LogP contribution in [0.3, 0.4) is 0 Å². The molecule has 0 atom stereocenters. The molecule has 1 amide bonds. The highest BCUT2D eigenvalue weighted by molar-refractivity contribution is 14.1. The molecule has 0 saturated carbocycles. The Morgan fingerprint density at radius 1 is 1.05 bits per heavy atom. The van der Waals surface area contributed by atoms with E-state index in [1.54, 1.807) is 18.4 Å². The van der Waals surface area contributed by atoms with E-state index in [2.05, 4.69) is 33.1 Å². The van der Waals surface area contributed by atoms with E-state index in [9.17, 15) is 4.79 Å². The highest BCUT2D eigenvalue weighted by atomic mass is 127. The summed E-state index contributed by atoms with van der Waals surface area (Å²) in [5.74, 6) is -0.209. The topological polar surface area (TPSA) is 41.5 Å². The van der Waals surface area contributed by atoms with E-state index in [-0.39, 0.29) is 5.91 Å². The Balaban J connectivity index is 1.89. The van der Waals surface area contributed by atoms with Gasteiger partial charge in [0, 0.05) is 9.78 Å². The number of nitrogens with one attached hydrogen (secondary N) is 1. The van der Waals surface area contributed by atoms with Crippen LogP contribution in [0.25, 0.3) is 6.08 Å². The fourth-order valence-corrected chi connectivity index (χ4v) is 2.20. The molecular weight excluding hydrogens is 363 g/mol. The molecule has 0 saturated heterocycles. The number of carbonyl (C=O) groups excluding carboxylic acids is 1. The minimum Gasteiger partial charge on any atom is -0.267 e. The molecular formula is C16H13IN2O. The second kappa shape index (κ2) is 7.59. The number of allylic oxidation sites excluding steroid dienone is 1. The second-order valence-electron chi connectivity index (χ2n) is 3.97. The normalized spacial score (nSPS) is 11.1. The maximum absolute atomic E-state index is 11.8. The van der Waals surface area contributed by atoms with E-state index in [4.69, 9.17) is 0 Å². The first-order valence-electron chi connectivity index (χ1n) is 6.07. The van der Waals surface area contributed by atoms with Crippen molar-refractivity contribution in [3.05, 3.63) is 75.4 Å². The number of nitrogens with zero attached hydrogens (tertiary/aromatic N) is 1. The Hall–Kier alpha value is -1.95. The smallest absolute Gasteiger partial charge is 0.267 e.